The molecular formula is C14H15ClN2O6. The van der Waals surface area contributed by atoms with Crippen molar-refractivity contribution in [1.82, 2.24) is 4.90 Å². The van der Waals surface area contributed by atoms with Crippen molar-refractivity contribution in [3.8, 4) is 0 Å². The quantitative estimate of drug-likeness (QED) is 0.641. The maximum atomic E-state index is 12.4. The summed E-state index contributed by atoms with van der Waals surface area (Å²) in [5, 5.41) is 19.7. The standard InChI is InChI=1S/C14H15ClN2O6/c15-12-6-10(17(21)22)2-1-9(12)5-13(18)16-3-4-23-8-11(16)7-14(19)20/h1-2,6,11H,3-5,7-8H2,(H,19,20). The molecule has 2 rings (SSSR count). The van der Waals surface area contributed by atoms with Crippen LogP contribution in [0.3, 0.4) is 0 Å². The zero-order chi connectivity index (χ0) is 17.0. The van der Waals surface area contributed by atoms with Crippen molar-refractivity contribution in [1.29, 1.82) is 0 Å². The van der Waals surface area contributed by atoms with Gasteiger partial charge in [-0.25, -0.2) is 0 Å². The molecule has 1 fully saturated rings. The van der Waals surface area contributed by atoms with E-state index in [9.17, 15) is 19.7 Å². The normalized spacial score (nSPS) is 17.8. The summed E-state index contributed by atoms with van der Waals surface area (Å²) in [5.74, 6) is -1.29. The molecule has 1 unspecified atom stereocenters. The van der Waals surface area contributed by atoms with Crippen molar-refractivity contribution in [2.45, 2.75) is 18.9 Å². The molecule has 124 valence electrons. The molecule has 0 saturated carbocycles. The van der Waals surface area contributed by atoms with Gasteiger partial charge in [0.2, 0.25) is 5.91 Å². The number of nitrogens with zero attached hydrogens (tertiary/aromatic N) is 2. The summed E-state index contributed by atoms with van der Waals surface area (Å²) >= 11 is 5.98. The van der Waals surface area contributed by atoms with Gasteiger partial charge in [-0.15, -0.1) is 0 Å². The largest absolute Gasteiger partial charge is 0.481 e. The second kappa shape index (κ2) is 7.38. The molecule has 1 saturated heterocycles. The van der Waals surface area contributed by atoms with E-state index >= 15 is 0 Å². The number of carboxylic acids is 1. The van der Waals surface area contributed by atoms with Crippen LogP contribution in [0.1, 0.15) is 12.0 Å². The van der Waals surface area contributed by atoms with Crippen LogP contribution in [0, 0.1) is 10.1 Å². The van der Waals surface area contributed by atoms with Crippen LogP contribution >= 0.6 is 11.6 Å². The Morgan fingerprint density at radius 3 is 2.83 bits per heavy atom. The minimum atomic E-state index is -1.01. The predicted octanol–water partition coefficient (Wildman–Crippen LogP) is 1.49. The van der Waals surface area contributed by atoms with Crippen LogP contribution in [0.5, 0.6) is 0 Å². The second-order valence-corrected chi connectivity index (χ2v) is 5.53. The molecule has 1 aliphatic heterocycles. The fourth-order valence-corrected chi connectivity index (χ4v) is 2.65. The molecule has 1 amide bonds. The van der Waals surface area contributed by atoms with Gasteiger partial charge < -0.3 is 14.7 Å². The Bertz CT molecular complexity index is 636. The van der Waals surface area contributed by atoms with E-state index in [1.165, 1.54) is 23.1 Å². The van der Waals surface area contributed by atoms with Crippen molar-refractivity contribution >= 4 is 29.2 Å². The van der Waals surface area contributed by atoms with Gasteiger partial charge in [-0.1, -0.05) is 17.7 Å². The molecule has 23 heavy (non-hydrogen) atoms. The lowest BCUT2D eigenvalue weighted by atomic mass is 10.1. The third kappa shape index (κ3) is 4.40. The summed E-state index contributed by atoms with van der Waals surface area (Å²) in [4.78, 5) is 34.9. The topological polar surface area (TPSA) is 110 Å². The first kappa shape index (κ1) is 17.2. The van der Waals surface area contributed by atoms with Crippen LogP contribution in [0.2, 0.25) is 5.02 Å². The third-order valence-electron chi connectivity index (χ3n) is 3.55. The highest BCUT2D eigenvalue weighted by atomic mass is 35.5. The number of non-ortho nitro benzene ring substituents is 1. The number of carboxylic acid groups (broad SMARTS) is 1. The fourth-order valence-electron chi connectivity index (χ4n) is 2.41. The summed E-state index contributed by atoms with van der Waals surface area (Å²) in [6.07, 6.45) is -0.243. The first-order valence-electron chi connectivity index (χ1n) is 6.90. The Labute approximate surface area is 136 Å². The molecule has 1 atom stereocenters. The Kier molecular flexibility index (Phi) is 5.51. The minimum Gasteiger partial charge on any atom is -0.481 e. The van der Waals surface area contributed by atoms with Gasteiger partial charge in [-0.05, 0) is 5.56 Å². The minimum absolute atomic E-state index is 0.0487. The maximum Gasteiger partial charge on any atom is 0.305 e. The van der Waals surface area contributed by atoms with E-state index in [-0.39, 0.29) is 36.1 Å². The smallest absolute Gasteiger partial charge is 0.305 e. The highest BCUT2D eigenvalue weighted by Crippen LogP contribution is 2.24. The van der Waals surface area contributed by atoms with Gasteiger partial charge in [0.15, 0.2) is 0 Å². The average molecular weight is 343 g/mol. The SMILES string of the molecule is O=C(O)CC1COCCN1C(=O)Cc1ccc([N+](=O)[O-])cc1Cl. The Morgan fingerprint density at radius 2 is 2.22 bits per heavy atom. The number of hydrogen-bond donors (Lipinski definition) is 1. The number of halogens is 1. The number of nitro groups is 1. The predicted molar refractivity (Wildman–Crippen MR) is 80.4 cm³/mol. The van der Waals surface area contributed by atoms with E-state index in [1.54, 1.807) is 0 Å². The van der Waals surface area contributed by atoms with Crippen molar-refractivity contribution < 1.29 is 24.4 Å². The van der Waals surface area contributed by atoms with E-state index in [4.69, 9.17) is 21.4 Å². The van der Waals surface area contributed by atoms with Crippen LogP contribution < -0.4 is 0 Å². The summed E-state index contributed by atoms with van der Waals surface area (Å²) < 4.78 is 5.22. The number of rotatable bonds is 5. The van der Waals surface area contributed by atoms with E-state index < -0.39 is 16.9 Å². The first-order chi connectivity index (χ1) is 10.9. The molecule has 0 spiro atoms. The number of aliphatic carboxylic acids is 1. The Morgan fingerprint density at radius 1 is 1.48 bits per heavy atom. The number of benzene rings is 1. The third-order valence-corrected chi connectivity index (χ3v) is 3.90. The molecule has 0 aliphatic carbocycles. The zero-order valence-electron chi connectivity index (χ0n) is 12.1. The molecule has 1 heterocycles. The molecular weight excluding hydrogens is 328 g/mol. The summed E-state index contributed by atoms with van der Waals surface area (Å²) in [6.45, 7) is 0.823. The molecule has 1 aromatic carbocycles. The summed E-state index contributed by atoms with van der Waals surface area (Å²) in [6, 6.07) is 3.39. The number of ether oxygens (including phenoxy) is 1. The fraction of sp³-hybridized carbons (Fsp3) is 0.429. The van der Waals surface area contributed by atoms with Gasteiger partial charge in [0, 0.05) is 18.7 Å². The molecule has 8 nitrogen and oxygen atoms in total. The van der Waals surface area contributed by atoms with Crippen LogP contribution in [0.15, 0.2) is 18.2 Å². The first-order valence-corrected chi connectivity index (χ1v) is 7.28. The van der Waals surface area contributed by atoms with Gasteiger partial charge in [0.25, 0.3) is 5.69 Å². The molecule has 1 aromatic rings. The van der Waals surface area contributed by atoms with Crippen LogP contribution in [-0.2, 0) is 20.7 Å². The lowest BCUT2D eigenvalue weighted by molar-refractivity contribution is -0.384. The summed E-state index contributed by atoms with van der Waals surface area (Å²) in [5.41, 5.74) is 0.309. The number of carbonyl (C=O) groups excluding carboxylic acids is 1. The van der Waals surface area contributed by atoms with Crippen LogP contribution in [0.25, 0.3) is 0 Å². The van der Waals surface area contributed by atoms with Crippen LogP contribution in [-0.4, -0.2) is 52.6 Å². The molecule has 9 heteroatoms. The van der Waals surface area contributed by atoms with Crippen molar-refractivity contribution in [3.05, 3.63) is 38.9 Å². The monoisotopic (exact) mass is 342 g/mol. The highest BCUT2D eigenvalue weighted by Gasteiger charge is 2.29. The molecule has 1 aliphatic rings. The van der Waals surface area contributed by atoms with Crippen LogP contribution in [0.4, 0.5) is 5.69 Å². The van der Waals surface area contributed by atoms with Crippen molar-refractivity contribution in [2.24, 2.45) is 0 Å². The number of carbonyl (C=O) groups is 2. The van der Waals surface area contributed by atoms with Crippen molar-refractivity contribution in [3.63, 3.8) is 0 Å². The number of amides is 1. The summed E-state index contributed by atoms with van der Waals surface area (Å²) in [7, 11) is 0. The van der Waals surface area contributed by atoms with Gasteiger partial charge in [0.1, 0.15) is 0 Å². The van der Waals surface area contributed by atoms with E-state index in [0.717, 1.165) is 0 Å². The van der Waals surface area contributed by atoms with E-state index in [2.05, 4.69) is 0 Å². The Balaban J connectivity index is 2.10. The molecule has 1 N–H and O–H groups in total. The lowest BCUT2D eigenvalue weighted by Crippen LogP contribution is -2.50. The van der Waals surface area contributed by atoms with Gasteiger partial charge in [-0.2, -0.15) is 0 Å². The number of morpholine rings is 1. The Hall–Kier alpha value is -2.19. The number of nitro benzene ring substituents is 1. The average Bonchev–Trinajstić information content (AvgIpc) is 2.49. The lowest BCUT2D eigenvalue weighted by Gasteiger charge is -2.35. The van der Waals surface area contributed by atoms with Gasteiger partial charge >= 0.3 is 5.97 Å². The van der Waals surface area contributed by atoms with Gasteiger partial charge in [-0.3, -0.25) is 19.7 Å². The maximum absolute atomic E-state index is 12.4. The molecule has 0 aromatic heterocycles. The van der Waals surface area contributed by atoms with Gasteiger partial charge in [0.05, 0.1) is 42.0 Å². The molecule has 0 radical (unpaired) electrons. The highest BCUT2D eigenvalue weighted by molar-refractivity contribution is 6.31. The number of hydrogen-bond acceptors (Lipinski definition) is 5. The molecule has 0 bridgehead atoms. The van der Waals surface area contributed by atoms with E-state index in [0.29, 0.717) is 18.7 Å². The second-order valence-electron chi connectivity index (χ2n) is 5.12. The zero-order valence-corrected chi connectivity index (χ0v) is 12.9. The van der Waals surface area contributed by atoms with E-state index in [1.807, 2.05) is 0 Å². The van der Waals surface area contributed by atoms with Crippen molar-refractivity contribution in [2.75, 3.05) is 19.8 Å².